The Hall–Kier alpha value is -4.17. The summed E-state index contributed by atoms with van der Waals surface area (Å²) in [5, 5.41) is 1.76. The maximum atomic E-state index is 13.5. The van der Waals surface area contributed by atoms with Crippen LogP contribution in [0.3, 0.4) is 0 Å². The molecule has 0 aromatic heterocycles. The van der Waals surface area contributed by atoms with Gasteiger partial charge in [-0.1, -0.05) is 85.1 Å². The van der Waals surface area contributed by atoms with Crippen molar-refractivity contribution in [3.05, 3.63) is 126 Å². The molecule has 5 rings (SSSR count). The molecule has 202 valence electrons. The number of para-hydroxylation sites is 1. The van der Waals surface area contributed by atoms with E-state index in [0.717, 1.165) is 43.8 Å². The standard InChI is InChI=1S/C32H21F6NS/c1-19(40-30-12-5-4-11-29(30)39)25-13-14-26(28-10-3-2-9-27(25)28)21-8-6-7-20(15-21)22-16-23(31(33,34)35)18-24(17-22)32(36,37)38/h2-18H,1,39H2. The van der Waals surface area contributed by atoms with Gasteiger partial charge in [-0.05, 0) is 75.0 Å². The second-order valence-corrected chi connectivity index (χ2v) is 10.3. The lowest BCUT2D eigenvalue weighted by Gasteiger charge is -2.16. The van der Waals surface area contributed by atoms with Crippen molar-refractivity contribution in [1.82, 2.24) is 0 Å². The minimum Gasteiger partial charge on any atom is -0.398 e. The molecule has 0 fully saturated rings. The largest absolute Gasteiger partial charge is 0.416 e. The Kier molecular flexibility index (Phi) is 7.14. The molecule has 0 amide bonds. The predicted molar refractivity (Wildman–Crippen MR) is 151 cm³/mol. The summed E-state index contributed by atoms with van der Waals surface area (Å²) in [6.45, 7) is 4.25. The maximum absolute atomic E-state index is 13.5. The second-order valence-electron chi connectivity index (χ2n) is 9.14. The van der Waals surface area contributed by atoms with E-state index in [-0.39, 0.29) is 17.2 Å². The third kappa shape index (κ3) is 5.58. The molecule has 2 N–H and O–H groups in total. The zero-order valence-electron chi connectivity index (χ0n) is 20.8. The first-order valence-electron chi connectivity index (χ1n) is 12.1. The van der Waals surface area contributed by atoms with E-state index in [1.54, 1.807) is 18.2 Å². The molecule has 0 aliphatic carbocycles. The van der Waals surface area contributed by atoms with Crippen LogP contribution in [-0.2, 0) is 12.4 Å². The average molecular weight is 566 g/mol. The Morgan fingerprint density at radius 3 is 1.85 bits per heavy atom. The van der Waals surface area contributed by atoms with Crippen molar-refractivity contribution in [2.45, 2.75) is 17.2 Å². The van der Waals surface area contributed by atoms with Gasteiger partial charge in [-0.3, -0.25) is 0 Å². The van der Waals surface area contributed by atoms with Crippen molar-refractivity contribution in [2.75, 3.05) is 5.73 Å². The van der Waals surface area contributed by atoms with E-state index in [4.69, 9.17) is 5.73 Å². The topological polar surface area (TPSA) is 26.0 Å². The number of alkyl halides is 6. The summed E-state index contributed by atoms with van der Waals surface area (Å²) in [6, 6.07) is 27.0. The number of halogens is 6. The first-order valence-corrected chi connectivity index (χ1v) is 12.9. The Balaban J connectivity index is 1.59. The zero-order chi connectivity index (χ0) is 28.7. The lowest BCUT2D eigenvalue weighted by molar-refractivity contribution is -0.143. The SMILES string of the molecule is C=C(Sc1ccccc1N)c1ccc(-c2cccc(-c3cc(C(F)(F)F)cc(C(F)(F)F)c3)c2)c2ccccc12. The number of rotatable bonds is 5. The highest BCUT2D eigenvalue weighted by atomic mass is 32.2. The van der Waals surface area contributed by atoms with Gasteiger partial charge in [0.2, 0.25) is 0 Å². The van der Waals surface area contributed by atoms with Crippen LogP contribution in [0.4, 0.5) is 32.0 Å². The summed E-state index contributed by atoms with van der Waals surface area (Å²) < 4.78 is 80.7. The third-order valence-electron chi connectivity index (χ3n) is 6.47. The molecule has 40 heavy (non-hydrogen) atoms. The third-order valence-corrected chi connectivity index (χ3v) is 7.53. The van der Waals surface area contributed by atoms with Gasteiger partial charge in [0.05, 0.1) is 11.1 Å². The van der Waals surface area contributed by atoms with Crippen LogP contribution in [0.5, 0.6) is 0 Å². The molecule has 0 unspecified atom stereocenters. The van der Waals surface area contributed by atoms with Gasteiger partial charge < -0.3 is 5.73 Å². The number of anilines is 1. The number of nitrogen functional groups attached to an aromatic ring is 1. The Morgan fingerprint density at radius 2 is 1.20 bits per heavy atom. The van der Waals surface area contributed by atoms with Crippen LogP contribution in [0.1, 0.15) is 16.7 Å². The highest BCUT2D eigenvalue weighted by Gasteiger charge is 2.37. The van der Waals surface area contributed by atoms with Crippen molar-refractivity contribution in [3.8, 4) is 22.3 Å². The van der Waals surface area contributed by atoms with Crippen molar-refractivity contribution in [1.29, 1.82) is 0 Å². The zero-order valence-corrected chi connectivity index (χ0v) is 21.6. The number of thioether (sulfide) groups is 1. The Labute approximate surface area is 231 Å². The fourth-order valence-corrected chi connectivity index (χ4v) is 5.43. The quantitative estimate of drug-likeness (QED) is 0.130. The first kappa shape index (κ1) is 27.4. The molecule has 0 spiro atoms. The highest BCUT2D eigenvalue weighted by Crippen LogP contribution is 2.42. The van der Waals surface area contributed by atoms with Gasteiger partial charge in [0, 0.05) is 15.5 Å². The molecule has 0 saturated heterocycles. The molecule has 5 aromatic rings. The van der Waals surface area contributed by atoms with Crippen molar-refractivity contribution >= 4 is 33.1 Å². The lowest BCUT2D eigenvalue weighted by atomic mass is 9.92. The van der Waals surface area contributed by atoms with Gasteiger partial charge in [0.25, 0.3) is 0 Å². The summed E-state index contributed by atoms with van der Waals surface area (Å²) in [5.41, 5.74) is 6.41. The van der Waals surface area contributed by atoms with Crippen molar-refractivity contribution in [3.63, 3.8) is 0 Å². The molecular weight excluding hydrogens is 544 g/mol. The van der Waals surface area contributed by atoms with E-state index < -0.39 is 23.5 Å². The molecule has 0 aliphatic rings. The van der Waals surface area contributed by atoms with E-state index in [2.05, 4.69) is 6.58 Å². The first-order chi connectivity index (χ1) is 18.9. The molecule has 0 atom stereocenters. The van der Waals surface area contributed by atoms with E-state index in [9.17, 15) is 26.3 Å². The summed E-state index contributed by atoms with van der Waals surface area (Å²) in [6.07, 6.45) is -9.85. The summed E-state index contributed by atoms with van der Waals surface area (Å²) >= 11 is 1.44. The van der Waals surface area contributed by atoms with Crippen LogP contribution < -0.4 is 5.73 Å². The molecule has 5 aromatic carbocycles. The number of nitrogens with two attached hydrogens (primary N) is 1. The molecule has 0 saturated carbocycles. The van der Waals surface area contributed by atoms with E-state index in [0.29, 0.717) is 11.3 Å². The van der Waals surface area contributed by atoms with Crippen molar-refractivity contribution in [2.24, 2.45) is 0 Å². The van der Waals surface area contributed by atoms with Crippen LogP contribution in [0.15, 0.2) is 115 Å². The molecule has 0 radical (unpaired) electrons. The summed E-state index contributed by atoms with van der Waals surface area (Å²) in [7, 11) is 0. The highest BCUT2D eigenvalue weighted by molar-refractivity contribution is 8.08. The molecule has 0 bridgehead atoms. The van der Waals surface area contributed by atoms with Crippen LogP contribution in [0, 0.1) is 0 Å². The number of fused-ring (bicyclic) bond motifs is 1. The second kappa shape index (κ2) is 10.4. The normalized spacial score (nSPS) is 12.1. The number of hydrogen-bond donors (Lipinski definition) is 1. The number of hydrogen-bond acceptors (Lipinski definition) is 2. The Bertz CT molecular complexity index is 1700. The van der Waals surface area contributed by atoms with Gasteiger partial charge in [0.15, 0.2) is 0 Å². The molecule has 8 heteroatoms. The van der Waals surface area contributed by atoms with Gasteiger partial charge in [-0.15, -0.1) is 0 Å². The van der Waals surface area contributed by atoms with E-state index in [1.807, 2.05) is 60.7 Å². The smallest absolute Gasteiger partial charge is 0.398 e. The predicted octanol–water partition coefficient (Wildman–Crippen LogP) is 10.6. The molecule has 0 aliphatic heterocycles. The molecule has 0 heterocycles. The van der Waals surface area contributed by atoms with Crippen LogP contribution in [-0.4, -0.2) is 0 Å². The number of benzene rings is 5. The molecule has 1 nitrogen and oxygen atoms in total. The van der Waals surface area contributed by atoms with Crippen LogP contribution in [0.2, 0.25) is 0 Å². The minimum atomic E-state index is -4.93. The van der Waals surface area contributed by atoms with Crippen molar-refractivity contribution < 1.29 is 26.3 Å². The minimum absolute atomic E-state index is 0.132. The van der Waals surface area contributed by atoms with Crippen LogP contribution in [0.25, 0.3) is 37.9 Å². The van der Waals surface area contributed by atoms with E-state index >= 15 is 0 Å². The van der Waals surface area contributed by atoms with Gasteiger partial charge in [-0.25, -0.2) is 0 Å². The average Bonchev–Trinajstić information content (AvgIpc) is 2.92. The van der Waals surface area contributed by atoms with Crippen LogP contribution >= 0.6 is 11.8 Å². The molecular formula is C32H21F6NS. The van der Waals surface area contributed by atoms with Gasteiger partial charge >= 0.3 is 12.4 Å². The fourth-order valence-electron chi connectivity index (χ4n) is 4.54. The Morgan fingerprint density at radius 1 is 0.600 bits per heavy atom. The van der Waals surface area contributed by atoms with E-state index in [1.165, 1.54) is 17.8 Å². The van der Waals surface area contributed by atoms with Gasteiger partial charge in [-0.2, -0.15) is 26.3 Å². The van der Waals surface area contributed by atoms with Gasteiger partial charge in [0.1, 0.15) is 0 Å². The monoisotopic (exact) mass is 565 g/mol. The fraction of sp³-hybridized carbons (Fsp3) is 0.0625. The maximum Gasteiger partial charge on any atom is 0.416 e. The summed E-state index contributed by atoms with van der Waals surface area (Å²) in [4.78, 5) is 1.64. The summed E-state index contributed by atoms with van der Waals surface area (Å²) in [5.74, 6) is 0. The lowest BCUT2D eigenvalue weighted by Crippen LogP contribution is -2.11.